The second-order valence-corrected chi connectivity index (χ2v) is 5.56. The van der Waals surface area contributed by atoms with Crippen LogP contribution < -0.4 is 10.6 Å². The standard InChI is InChI=1S/C14H13FN8O2/c15-9-3-4-10-8(6-9)2-1-5-22(10)11(24)7-23-18-14(17-21-23)12-13(16)20-25-19-12/h3-4,6H,1-2,5,7H2,(H2,16,20). The van der Waals surface area contributed by atoms with E-state index in [0.29, 0.717) is 12.2 Å². The molecule has 0 saturated carbocycles. The third-order valence-corrected chi connectivity index (χ3v) is 3.92. The Morgan fingerprint density at radius 1 is 1.36 bits per heavy atom. The van der Waals surface area contributed by atoms with Gasteiger partial charge in [0, 0.05) is 12.2 Å². The minimum absolute atomic E-state index is 0.0397. The maximum Gasteiger partial charge on any atom is 0.250 e. The number of aromatic nitrogens is 6. The van der Waals surface area contributed by atoms with E-state index in [1.807, 2.05) is 0 Å². The first kappa shape index (κ1) is 15.2. The smallest absolute Gasteiger partial charge is 0.250 e. The van der Waals surface area contributed by atoms with Crippen molar-refractivity contribution in [2.24, 2.45) is 0 Å². The van der Waals surface area contributed by atoms with E-state index in [0.717, 1.165) is 23.2 Å². The molecule has 0 atom stereocenters. The van der Waals surface area contributed by atoms with Crippen LogP contribution in [-0.2, 0) is 17.8 Å². The summed E-state index contributed by atoms with van der Waals surface area (Å²) in [5, 5.41) is 18.7. The lowest BCUT2D eigenvalue weighted by Gasteiger charge is -2.29. The van der Waals surface area contributed by atoms with Gasteiger partial charge >= 0.3 is 0 Å². The Balaban J connectivity index is 1.54. The van der Waals surface area contributed by atoms with Crippen molar-refractivity contribution in [3.63, 3.8) is 0 Å². The molecule has 1 aliphatic rings. The van der Waals surface area contributed by atoms with Gasteiger partial charge in [0.05, 0.1) is 0 Å². The lowest BCUT2D eigenvalue weighted by molar-refractivity contribution is -0.119. The minimum atomic E-state index is -0.311. The number of nitrogens with two attached hydrogens (primary N) is 1. The molecule has 0 bridgehead atoms. The highest BCUT2D eigenvalue weighted by Gasteiger charge is 2.24. The predicted molar refractivity (Wildman–Crippen MR) is 82.6 cm³/mol. The summed E-state index contributed by atoms with van der Waals surface area (Å²) in [4.78, 5) is 15.4. The molecule has 2 N–H and O–H groups in total. The van der Waals surface area contributed by atoms with Gasteiger partial charge in [-0.3, -0.25) is 4.79 Å². The molecule has 0 saturated heterocycles. The molecule has 0 unspecified atom stereocenters. The lowest BCUT2D eigenvalue weighted by atomic mass is 10.0. The van der Waals surface area contributed by atoms with Crippen LogP contribution in [0.4, 0.5) is 15.9 Å². The van der Waals surface area contributed by atoms with E-state index in [1.54, 1.807) is 11.0 Å². The fourth-order valence-electron chi connectivity index (χ4n) is 2.79. The van der Waals surface area contributed by atoms with Crippen LogP contribution in [0.2, 0.25) is 0 Å². The van der Waals surface area contributed by atoms with Crippen molar-refractivity contribution in [3.8, 4) is 11.5 Å². The van der Waals surface area contributed by atoms with Crippen molar-refractivity contribution < 1.29 is 13.8 Å². The lowest BCUT2D eigenvalue weighted by Crippen LogP contribution is -2.38. The van der Waals surface area contributed by atoms with Gasteiger partial charge in [-0.25, -0.2) is 9.02 Å². The molecule has 0 fully saturated rings. The molecule has 128 valence electrons. The van der Waals surface area contributed by atoms with Crippen LogP contribution in [0.1, 0.15) is 12.0 Å². The Morgan fingerprint density at radius 3 is 3.04 bits per heavy atom. The van der Waals surface area contributed by atoms with Gasteiger partial charge in [-0.1, -0.05) is 0 Å². The first-order valence-corrected chi connectivity index (χ1v) is 7.57. The van der Waals surface area contributed by atoms with Crippen LogP contribution in [0.5, 0.6) is 0 Å². The number of carbonyl (C=O) groups excluding carboxylic acids is 1. The van der Waals surface area contributed by atoms with E-state index in [2.05, 4.69) is 30.4 Å². The summed E-state index contributed by atoms with van der Waals surface area (Å²) in [7, 11) is 0. The number of amides is 1. The summed E-state index contributed by atoms with van der Waals surface area (Å²) in [5.41, 5.74) is 7.26. The third kappa shape index (κ3) is 2.79. The molecule has 1 aromatic carbocycles. The van der Waals surface area contributed by atoms with Gasteiger partial charge in [0.25, 0.3) is 5.91 Å². The number of rotatable bonds is 3. The number of nitrogens with zero attached hydrogens (tertiary/aromatic N) is 7. The second-order valence-electron chi connectivity index (χ2n) is 5.56. The van der Waals surface area contributed by atoms with E-state index in [-0.39, 0.29) is 35.6 Å². The Morgan fingerprint density at radius 2 is 2.24 bits per heavy atom. The molecular weight excluding hydrogens is 331 g/mol. The number of fused-ring (bicyclic) bond motifs is 1. The monoisotopic (exact) mass is 344 g/mol. The van der Waals surface area contributed by atoms with Crippen LogP contribution in [0.25, 0.3) is 11.5 Å². The van der Waals surface area contributed by atoms with E-state index < -0.39 is 0 Å². The Bertz CT molecular complexity index is 937. The largest absolute Gasteiger partial charge is 0.379 e. The zero-order valence-corrected chi connectivity index (χ0v) is 13.0. The molecule has 1 aliphatic heterocycles. The van der Waals surface area contributed by atoms with Gasteiger partial charge in [-0.05, 0) is 52.1 Å². The molecule has 0 spiro atoms. The fourth-order valence-corrected chi connectivity index (χ4v) is 2.79. The van der Waals surface area contributed by atoms with Crippen molar-refractivity contribution >= 4 is 17.4 Å². The summed E-state index contributed by atoms with van der Waals surface area (Å²) in [6.07, 6.45) is 1.50. The number of anilines is 2. The van der Waals surface area contributed by atoms with E-state index in [1.165, 1.54) is 12.1 Å². The molecule has 25 heavy (non-hydrogen) atoms. The van der Waals surface area contributed by atoms with E-state index in [9.17, 15) is 9.18 Å². The molecule has 0 aliphatic carbocycles. The third-order valence-electron chi connectivity index (χ3n) is 3.92. The Labute approximate surface area is 140 Å². The first-order chi connectivity index (χ1) is 12.1. The topological polar surface area (TPSA) is 129 Å². The maximum atomic E-state index is 13.4. The average molecular weight is 344 g/mol. The number of hydrogen-bond acceptors (Lipinski definition) is 8. The number of benzene rings is 1. The van der Waals surface area contributed by atoms with Gasteiger partial charge in [0.1, 0.15) is 12.4 Å². The first-order valence-electron chi connectivity index (χ1n) is 7.57. The number of hydrogen-bond donors (Lipinski definition) is 1. The SMILES string of the molecule is Nc1nonc1-c1nnn(CC(=O)N2CCCc3cc(F)ccc32)n1. The van der Waals surface area contributed by atoms with Crippen LogP contribution in [-0.4, -0.2) is 43.0 Å². The van der Waals surface area contributed by atoms with Crippen LogP contribution in [0.15, 0.2) is 22.8 Å². The summed E-state index contributed by atoms with van der Waals surface area (Å²) in [5.74, 6) is -0.372. The number of aryl methyl sites for hydroxylation is 1. The molecule has 2 aromatic heterocycles. The fraction of sp³-hybridized carbons (Fsp3) is 0.286. The van der Waals surface area contributed by atoms with Gasteiger partial charge < -0.3 is 10.6 Å². The molecule has 4 rings (SSSR count). The summed E-state index contributed by atoms with van der Waals surface area (Å²) in [6, 6.07) is 4.42. The van der Waals surface area contributed by atoms with Gasteiger partial charge in [0.15, 0.2) is 11.5 Å². The zero-order valence-electron chi connectivity index (χ0n) is 13.0. The number of nitrogen functional groups attached to an aromatic ring is 1. The van der Waals surface area contributed by atoms with Crippen LogP contribution in [0.3, 0.4) is 0 Å². The number of halogens is 1. The van der Waals surface area contributed by atoms with Crippen molar-refractivity contribution in [2.45, 2.75) is 19.4 Å². The summed E-state index contributed by atoms with van der Waals surface area (Å²) in [6.45, 7) is 0.439. The predicted octanol–water partition coefficient (Wildman–Crippen LogP) is 0.424. The number of tetrazole rings is 1. The quantitative estimate of drug-likeness (QED) is 0.724. The van der Waals surface area contributed by atoms with Crippen molar-refractivity contribution in [1.29, 1.82) is 0 Å². The van der Waals surface area contributed by atoms with Crippen molar-refractivity contribution in [2.75, 3.05) is 17.2 Å². The molecule has 11 heteroatoms. The molecule has 3 aromatic rings. The number of carbonyl (C=O) groups is 1. The zero-order chi connectivity index (χ0) is 17.4. The second kappa shape index (κ2) is 5.92. The highest BCUT2D eigenvalue weighted by Crippen LogP contribution is 2.28. The minimum Gasteiger partial charge on any atom is -0.379 e. The molecular formula is C14H13FN8O2. The Hall–Kier alpha value is -3.37. The van der Waals surface area contributed by atoms with Crippen molar-refractivity contribution in [3.05, 3.63) is 29.6 Å². The molecule has 3 heterocycles. The Kier molecular flexibility index (Phi) is 3.60. The van der Waals surface area contributed by atoms with Gasteiger partial charge in [-0.15, -0.1) is 10.2 Å². The normalized spacial score (nSPS) is 13.7. The average Bonchev–Trinajstić information content (AvgIpc) is 3.22. The van der Waals surface area contributed by atoms with Crippen LogP contribution >= 0.6 is 0 Å². The van der Waals surface area contributed by atoms with Gasteiger partial charge in [-0.2, -0.15) is 4.80 Å². The maximum absolute atomic E-state index is 13.4. The summed E-state index contributed by atoms with van der Waals surface area (Å²) < 4.78 is 17.9. The highest BCUT2D eigenvalue weighted by atomic mass is 19.1. The molecule has 10 nitrogen and oxygen atoms in total. The van der Waals surface area contributed by atoms with E-state index in [4.69, 9.17) is 5.73 Å². The van der Waals surface area contributed by atoms with E-state index >= 15 is 0 Å². The molecule has 0 radical (unpaired) electrons. The van der Waals surface area contributed by atoms with Crippen molar-refractivity contribution in [1.82, 2.24) is 30.5 Å². The van der Waals surface area contributed by atoms with Gasteiger partial charge in [0.2, 0.25) is 5.82 Å². The summed E-state index contributed by atoms with van der Waals surface area (Å²) >= 11 is 0. The highest BCUT2D eigenvalue weighted by molar-refractivity contribution is 5.94. The van der Waals surface area contributed by atoms with Crippen LogP contribution in [0, 0.1) is 5.82 Å². The molecule has 1 amide bonds.